The maximum atomic E-state index is 12.3. The minimum Gasteiger partial charge on any atom is -0.505 e. The molecule has 3 aromatic rings. The number of benzene rings is 2. The fourth-order valence-corrected chi connectivity index (χ4v) is 3.49. The molecule has 0 aliphatic rings. The number of aliphatic carboxylic acids is 1. The van der Waals surface area contributed by atoms with E-state index < -0.39 is 17.9 Å². The van der Waals surface area contributed by atoms with Gasteiger partial charge in [0.15, 0.2) is 11.4 Å². The van der Waals surface area contributed by atoms with Crippen LogP contribution >= 0.6 is 11.8 Å². The van der Waals surface area contributed by atoms with E-state index in [4.69, 9.17) is 5.11 Å². The smallest absolute Gasteiger partial charge is 0.325 e. The molecule has 0 aliphatic carbocycles. The fourth-order valence-electron chi connectivity index (χ4n) is 2.61. The minimum atomic E-state index is -1.16. The van der Waals surface area contributed by atoms with Gasteiger partial charge in [0.2, 0.25) is 0 Å². The molecular weight excluding hydrogens is 364 g/mol. The molecule has 1 atom stereocenters. The van der Waals surface area contributed by atoms with Gasteiger partial charge < -0.3 is 15.5 Å². The number of aromatic nitrogens is 1. The fraction of sp³-hybridized carbons (Fsp3) is 0.150. The molecule has 6 nitrogen and oxygen atoms in total. The molecule has 0 saturated heterocycles. The van der Waals surface area contributed by atoms with E-state index in [-0.39, 0.29) is 11.4 Å². The number of hydrogen-bond acceptors (Lipinski definition) is 5. The number of pyridine rings is 1. The first kappa shape index (κ1) is 18.7. The highest BCUT2D eigenvalue weighted by Gasteiger charge is 2.21. The Morgan fingerprint density at radius 1 is 1.07 bits per heavy atom. The van der Waals surface area contributed by atoms with Crippen molar-refractivity contribution in [1.29, 1.82) is 0 Å². The van der Waals surface area contributed by atoms with Gasteiger partial charge in [-0.05, 0) is 44.2 Å². The first-order valence-electron chi connectivity index (χ1n) is 8.26. The average molecular weight is 382 g/mol. The SMILES string of the molecule is Cc1nc(C(=O)N[C@@H](C)C(=O)O)c(O)c2ccc(Sc3ccccc3)cc12. The van der Waals surface area contributed by atoms with Crippen molar-refractivity contribution in [2.45, 2.75) is 29.7 Å². The van der Waals surface area contributed by atoms with Crippen molar-refractivity contribution in [3.05, 3.63) is 59.9 Å². The van der Waals surface area contributed by atoms with E-state index in [1.807, 2.05) is 42.5 Å². The molecule has 3 N–H and O–H groups in total. The average Bonchev–Trinajstić information content (AvgIpc) is 2.65. The summed E-state index contributed by atoms with van der Waals surface area (Å²) in [7, 11) is 0. The number of amides is 1. The first-order chi connectivity index (χ1) is 12.9. The number of aryl methyl sites for hydroxylation is 1. The van der Waals surface area contributed by atoms with E-state index in [9.17, 15) is 14.7 Å². The van der Waals surface area contributed by atoms with Gasteiger partial charge in [0.1, 0.15) is 6.04 Å². The Morgan fingerprint density at radius 2 is 1.78 bits per heavy atom. The van der Waals surface area contributed by atoms with E-state index in [1.54, 1.807) is 24.8 Å². The summed E-state index contributed by atoms with van der Waals surface area (Å²) in [6.45, 7) is 3.09. The van der Waals surface area contributed by atoms with Gasteiger partial charge in [-0.15, -0.1) is 0 Å². The normalized spacial score (nSPS) is 11.9. The van der Waals surface area contributed by atoms with Gasteiger partial charge in [0.05, 0.1) is 0 Å². The first-order valence-corrected chi connectivity index (χ1v) is 9.08. The monoisotopic (exact) mass is 382 g/mol. The van der Waals surface area contributed by atoms with Crippen LogP contribution in [0.3, 0.4) is 0 Å². The van der Waals surface area contributed by atoms with Gasteiger partial charge in [-0.25, -0.2) is 4.98 Å². The van der Waals surface area contributed by atoms with Crippen LogP contribution in [0.4, 0.5) is 0 Å². The molecule has 0 aliphatic heterocycles. The van der Waals surface area contributed by atoms with Gasteiger partial charge in [0.25, 0.3) is 5.91 Å². The standard InChI is InChI=1S/C20H18N2O4S/c1-11-16-10-14(27-13-6-4-3-5-7-13)8-9-15(16)18(23)17(21-11)19(24)22-12(2)20(25)26/h3-10,12,23H,1-2H3,(H,22,24)(H,25,26)/t12-/m0/s1. The molecule has 3 rings (SSSR count). The number of nitrogens with zero attached hydrogens (tertiary/aromatic N) is 1. The number of nitrogens with one attached hydrogen (secondary N) is 1. The largest absolute Gasteiger partial charge is 0.505 e. The number of hydrogen-bond donors (Lipinski definition) is 3. The van der Waals surface area contributed by atoms with Crippen LogP contribution in [0, 0.1) is 6.92 Å². The highest BCUT2D eigenvalue weighted by atomic mass is 32.2. The van der Waals surface area contributed by atoms with Crippen molar-refractivity contribution in [1.82, 2.24) is 10.3 Å². The summed E-state index contributed by atoms with van der Waals surface area (Å²) >= 11 is 1.59. The van der Waals surface area contributed by atoms with Gasteiger partial charge in [-0.1, -0.05) is 30.0 Å². The minimum absolute atomic E-state index is 0.184. The van der Waals surface area contributed by atoms with Crippen LogP contribution in [0.2, 0.25) is 0 Å². The molecular formula is C20H18N2O4S. The summed E-state index contributed by atoms with van der Waals surface area (Å²) in [5.41, 5.74) is 0.392. The van der Waals surface area contributed by atoms with Crippen LogP contribution in [-0.2, 0) is 4.79 Å². The van der Waals surface area contributed by atoms with Crippen molar-refractivity contribution < 1.29 is 19.8 Å². The summed E-state index contributed by atoms with van der Waals surface area (Å²) in [4.78, 5) is 29.5. The highest BCUT2D eigenvalue weighted by molar-refractivity contribution is 7.99. The molecule has 0 unspecified atom stereocenters. The highest BCUT2D eigenvalue weighted by Crippen LogP contribution is 2.35. The molecule has 138 valence electrons. The summed E-state index contributed by atoms with van der Waals surface area (Å²) in [6.07, 6.45) is 0. The van der Waals surface area contributed by atoms with Crippen LogP contribution in [0.15, 0.2) is 58.3 Å². The van der Waals surface area contributed by atoms with Crippen molar-refractivity contribution in [3.63, 3.8) is 0 Å². The maximum Gasteiger partial charge on any atom is 0.325 e. The summed E-state index contributed by atoms with van der Waals surface area (Å²) in [5, 5.41) is 23.0. The third-order valence-corrected chi connectivity index (χ3v) is 5.05. The predicted molar refractivity (Wildman–Crippen MR) is 103 cm³/mol. The molecule has 0 radical (unpaired) electrons. The van der Waals surface area contributed by atoms with Crippen LogP contribution in [0.1, 0.15) is 23.1 Å². The van der Waals surface area contributed by atoms with Gasteiger partial charge in [-0.3, -0.25) is 9.59 Å². The van der Waals surface area contributed by atoms with Crippen LogP contribution in [0.25, 0.3) is 10.8 Å². The number of carbonyl (C=O) groups excluding carboxylic acids is 1. The number of rotatable bonds is 5. The van der Waals surface area contributed by atoms with E-state index in [0.29, 0.717) is 11.1 Å². The van der Waals surface area contributed by atoms with E-state index >= 15 is 0 Å². The molecule has 27 heavy (non-hydrogen) atoms. The maximum absolute atomic E-state index is 12.3. The lowest BCUT2D eigenvalue weighted by atomic mass is 10.1. The van der Waals surface area contributed by atoms with E-state index in [0.717, 1.165) is 15.2 Å². The molecule has 7 heteroatoms. The zero-order valence-electron chi connectivity index (χ0n) is 14.8. The molecule has 1 heterocycles. The quantitative estimate of drug-likeness (QED) is 0.623. The van der Waals surface area contributed by atoms with E-state index in [2.05, 4.69) is 10.3 Å². The Labute approximate surface area is 160 Å². The molecule has 0 bridgehead atoms. The Balaban J connectivity index is 1.96. The molecule has 2 aromatic carbocycles. The number of carboxylic acid groups (broad SMARTS) is 1. The molecule has 0 fully saturated rings. The number of carbonyl (C=O) groups is 2. The van der Waals surface area contributed by atoms with Crippen molar-refractivity contribution in [2.75, 3.05) is 0 Å². The Bertz CT molecular complexity index is 1020. The molecule has 0 saturated carbocycles. The lowest BCUT2D eigenvalue weighted by Gasteiger charge is -2.13. The summed E-state index contributed by atoms with van der Waals surface area (Å²) in [6, 6.07) is 14.3. The van der Waals surface area contributed by atoms with E-state index in [1.165, 1.54) is 6.92 Å². The number of aromatic hydroxyl groups is 1. The Morgan fingerprint density at radius 3 is 2.44 bits per heavy atom. The molecule has 0 spiro atoms. The zero-order valence-corrected chi connectivity index (χ0v) is 15.6. The van der Waals surface area contributed by atoms with Gasteiger partial charge >= 0.3 is 5.97 Å². The Kier molecular flexibility index (Phi) is 5.32. The zero-order chi connectivity index (χ0) is 19.6. The van der Waals surface area contributed by atoms with Crippen LogP contribution in [-0.4, -0.2) is 33.1 Å². The Hall–Kier alpha value is -3.06. The predicted octanol–water partition coefficient (Wildman–Crippen LogP) is 3.60. The topological polar surface area (TPSA) is 99.5 Å². The van der Waals surface area contributed by atoms with Crippen molar-refractivity contribution in [3.8, 4) is 5.75 Å². The van der Waals surface area contributed by atoms with Gasteiger partial charge in [-0.2, -0.15) is 0 Å². The second-order valence-electron chi connectivity index (χ2n) is 6.05. The summed E-state index contributed by atoms with van der Waals surface area (Å²) < 4.78 is 0. The lowest BCUT2D eigenvalue weighted by Crippen LogP contribution is -2.38. The van der Waals surface area contributed by atoms with Crippen LogP contribution in [0.5, 0.6) is 5.75 Å². The number of fused-ring (bicyclic) bond motifs is 1. The lowest BCUT2D eigenvalue weighted by molar-refractivity contribution is -0.138. The summed E-state index contributed by atoms with van der Waals surface area (Å²) in [5.74, 6) is -2.15. The van der Waals surface area contributed by atoms with Crippen LogP contribution < -0.4 is 5.32 Å². The second-order valence-corrected chi connectivity index (χ2v) is 7.20. The van der Waals surface area contributed by atoms with Crippen molar-refractivity contribution in [2.24, 2.45) is 0 Å². The number of carboxylic acids is 1. The third-order valence-electron chi connectivity index (χ3n) is 4.05. The second kappa shape index (κ2) is 7.67. The van der Waals surface area contributed by atoms with Gasteiger partial charge in [0, 0.05) is 26.3 Å². The van der Waals surface area contributed by atoms with Crippen molar-refractivity contribution >= 4 is 34.4 Å². The molecule has 1 amide bonds. The molecule has 1 aromatic heterocycles. The third kappa shape index (κ3) is 4.03.